The Hall–Kier alpha value is -2.89. The summed E-state index contributed by atoms with van der Waals surface area (Å²) in [6, 6.07) is 11.8. The Morgan fingerprint density at radius 3 is 2.21 bits per heavy atom. The van der Waals surface area contributed by atoms with E-state index in [0.29, 0.717) is 17.2 Å². The maximum Gasteiger partial charge on any atom is 0.258 e. The molecule has 1 saturated carbocycles. The van der Waals surface area contributed by atoms with Crippen LogP contribution in [0.1, 0.15) is 54.2 Å². The van der Waals surface area contributed by atoms with Crippen LogP contribution in [0.15, 0.2) is 36.4 Å². The predicted molar refractivity (Wildman–Crippen MR) is 112 cm³/mol. The van der Waals surface area contributed by atoms with E-state index in [1.54, 1.807) is 21.3 Å². The number of hydrogen-bond donors (Lipinski definition) is 1. The molecule has 1 atom stereocenters. The Balaban J connectivity index is 1.82. The van der Waals surface area contributed by atoms with Crippen molar-refractivity contribution in [3.63, 3.8) is 0 Å². The third-order valence-corrected chi connectivity index (χ3v) is 5.93. The summed E-state index contributed by atoms with van der Waals surface area (Å²) in [4.78, 5) is 15.5. The summed E-state index contributed by atoms with van der Waals surface area (Å²) in [6.45, 7) is 0. The summed E-state index contributed by atoms with van der Waals surface area (Å²) in [5, 5.41) is 3.58. The zero-order valence-electron chi connectivity index (χ0n) is 17.2. The SMILES string of the molecule is COc1cc([C@H]2Nc3ccccc3C(=O)N2C2CCCCC2)cc(OC)c1OC. The maximum absolute atomic E-state index is 13.5. The molecule has 1 aliphatic heterocycles. The summed E-state index contributed by atoms with van der Waals surface area (Å²) < 4.78 is 16.6. The van der Waals surface area contributed by atoms with E-state index < -0.39 is 0 Å². The van der Waals surface area contributed by atoms with Crippen LogP contribution in [0.5, 0.6) is 17.2 Å². The molecule has 2 aliphatic rings. The van der Waals surface area contributed by atoms with E-state index in [1.165, 1.54) is 6.42 Å². The van der Waals surface area contributed by atoms with Crippen molar-refractivity contribution >= 4 is 11.6 Å². The van der Waals surface area contributed by atoms with Crippen molar-refractivity contribution in [2.75, 3.05) is 26.6 Å². The number of rotatable bonds is 5. The highest BCUT2D eigenvalue weighted by molar-refractivity contribution is 6.02. The van der Waals surface area contributed by atoms with Gasteiger partial charge in [0.05, 0.1) is 26.9 Å². The number of ether oxygens (including phenoxy) is 3. The number of benzene rings is 2. The molecular formula is C23H28N2O4. The van der Waals surface area contributed by atoms with Crippen LogP contribution in [0, 0.1) is 0 Å². The van der Waals surface area contributed by atoms with Crippen molar-refractivity contribution in [3.05, 3.63) is 47.5 Å². The molecule has 6 heteroatoms. The average Bonchev–Trinajstić information content (AvgIpc) is 2.78. The molecule has 4 rings (SSSR count). The molecular weight excluding hydrogens is 368 g/mol. The first-order chi connectivity index (χ1) is 14.2. The molecule has 1 N–H and O–H groups in total. The minimum Gasteiger partial charge on any atom is -0.493 e. The number of carbonyl (C=O) groups excluding carboxylic acids is 1. The largest absolute Gasteiger partial charge is 0.493 e. The minimum atomic E-state index is -0.297. The fraction of sp³-hybridized carbons (Fsp3) is 0.435. The molecule has 1 aliphatic carbocycles. The van der Waals surface area contributed by atoms with Crippen LogP contribution >= 0.6 is 0 Å². The third kappa shape index (κ3) is 3.48. The Bertz CT molecular complexity index is 867. The lowest BCUT2D eigenvalue weighted by Gasteiger charge is -2.44. The van der Waals surface area contributed by atoms with Crippen molar-refractivity contribution in [2.45, 2.75) is 44.3 Å². The summed E-state index contributed by atoms with van der Waals surface area (Å²) in [5.41, 5.74) is 2.48. The van der Waals surface area contributed by atoms with Gasteiger partial charge < -0.3 is 24.4 Å². The van der Waals surface area contributed by atoms with Gasteiger partial charge in [-0.3, -0.25) is 4.79 Å². The lowest BCUT2D eigenvalue weighted by Crippen LogP contribution is -2.49. The molecule has 154 valence electrons. The normalized spacial score (nSPS) is 19.3. The molecule has 0 bridgehead atoms. The van der Waals surface area contributed by atoms with Gasteiger partial charge in [0.15, 0.2) is 11.5 Å². The summed E-state index contributed by atoms with van der Waals surface area (Å²) >= 11 is 0. The number of para-hydroxylation sites is 1. The molecule has 0 saturated heterocycles. The summed E-state index contributed by atoms with van der Waals surface area (Å²) in [6.07, 6.45) is 5.29. The van der Waals surface area contributed by atoms with Crippen LogP contribution in [-0.4, -0.2) is 38.2 Å². The topological polar surface area (TPSA) is 60.0 Å². The van der Waals surface area contributed by atoms with Gasteiger partial charge in [0, 0.05) is 17.3 Å². The van der Waals surface area contributed by atoms with Crippen LogP contribution in [0.3, 0.4) is 0 Å². The van der Waals surface area contributed by atoms with Crippen LogP contribution in [0.2, 0.25) is 0 Å². The van der Waals surface area contributed by atoms with Gasteiger partial charge in [-0.2, -0.15) is 0 Å². The first kappa shape index (κ1) is 19.4. The predicted octanol–water partition coefficient (Wildman–Crippen LogP) is 4.61. The second kappa shape index (κ2) is 8.23. The molecule has 29 heavy (non-hydrogen) atoms. The van der Waals surface area contributed by atoms with Crippen LogP contribution in [0.25, 0.3) is 0 Å². The molecule has 1 heterocycles. The van der Waals surface area contributed by atoms with Crippen molar-refractivity contribution in [3.8, 4) is 17.2 Å². The van der Waals surface area contributed by atoms with Gasteiger partial charge in [-0.15, -0.1) is 0 Å². The highest BCUT2D eigenvalue weighted by Crippen LogP contribution is 2.44. The smallest absolute Gasteiger partial charge is 0.258 e. The molecule has 6 nitrogen and oxygen atoms in total. The van der Waals surface area contributed by atoms with Crippen molar-refractivity contribution in [2.24, 2.45) is 0 Å². The van der Waals surface area contributed by atoms with E-state index in [9.17, 15) is 4.79 Å². The van der Waals surface area contributed by atoms with Gasteiger partial charge in [0.25, 0.3) is 5.91 Å². The van der Waals surface area contributed by atoms with Gasteiger partial charge in [0.1, 0.15) is 6.17 Å². The lowest BCUT2D eigenvalue weighted by atomic mass is 9.91. The molecule has 2 aromatic carbocycles. The Morgan fingerprint density at radius 1 is 0.931 bits per heavy atom. The lowest BCUT2D eigenvalue weighted by molar-refractivity contribution is 0.0523. The first-order valence-corrected chi connectivity index (χ1v) is 10.2. The van der Waals surface area contributed by atoms with Crippen molar-refractivity contribution in [1.82, 2.24) is 4.90 Å². The standard InChI is InChI=1S/C23H28N2O4/c1-27-19-13-15(14-20(28-2)21(19)29-3)22-24-18-12-8-7-11-17(18)23(26)25(22)16-9-5-4-6-10-16/h7-8,11-14,16,22,24H,4-6,9-10H2,1-3H3/t22-/m0/s1. The number of hydrogen-bond acceptors (Lipinski definition) is 5. The zero-order chi connectivity index (χ0) is 20.4. The third-order valence-electron chi connectivity index (χ3n) is 5.93. The number of carbonyl (C=O) groups is 1. The second-order valence-electron chi connectivity index (χ2n) is 7.56. The highest BCUT2D eigenvalue weighted by atomic mass is 16.5. The van der Waals surface area contributed by atoms with Crippen LogP contribution in [-0.2, 0) is 0 Å². The number of fused-ring (bicyclic) bond motifs is 1. The molecule has 1 fully saturated rings. The minimum absolute atomic E-state index is 0.0741. The molecule has 2 aromatic rings. The van der Waals surface area contributed by atoms with Crippen molar-refractivity contribution in [1.29, 1.82) is 0 Å². The number of amides is 1. The summed E-state index contributed by atoms with van der Waals surface area (Å²) in [7, 11) is 4.80. The van der Waals surface area contributed by atoms with Gasteiger partial charge in [-0.25, -0.2) is 0 Å². The molecule has 1 amide bonds. The van der Waals surface area contributed by atoms with E-state index in [1.807, 2.05) is 41.3 Å². The van der Waals surface area contributed by atoms with E-state index in [0.717, 1.165) is 42.5 Å². The van der Waals surface area contributed by atoms with Gasteiger partial charge in [0.2, 0.25) is 5.75 Å². The van der Waals surface area contributed by atoms with E-state index in [4.69, 9.17) is 14.2 Å². The Kier molecular flexibility index (Phi) is 5.51. The highest BCUT2D eigenvalue weighted by Gasteiger charge is 2.38. The Morgan fingerprint density at radius 2 is 1.59 bits per heavy atom. The maximum atomic E-state index is 13.5. The Labute approximate surface area is 171 Å². The summed E-state index contributed by atoms with van der Waals surface area (Å²) in [5.74, 6) is 1.78. The zero-order valence-corrected chi connectivity index (χ0v) is 17.2. The number of anilines is 1. The van der Waals surface area contributed by atoms with Crippen molar-refractivity contribution < 1.29 is 19.0 Å². The van der Waals surface area contributed by atoms with Crippen LogP contribution < -0.4 is 19.5 Å². The quantitative estimate of drug-likeness (QED) is 0.800. The second-order valence-corrected chi connectivity index (χ2v) is 7.56. The fourth-order valence-electron chi connectivity index (χ4n) is 4.51. The number of nitrogens with one attached hydrogen (secondary N) is 1. The molecule has 0 aromatic heterocycles. The molecule has 0 radical (unpaired) electrons. The van der Waals surface area contributed by atoms with Crippen LogP contribution in [0.4, 0.5) is 5.69 Å². The van der Waals surface area contributed by atoms with Gasteiger partial charge >= 0.3 is 0 Å². The first-order valence-electron chi connectivity index (χ1n) is 10.2. The number of methoxy groups -OCH3 is 3. The average molecular weight is 396 g/mol. The van der Waals surface area contributed by atoms with E-state index >= 15 is 0 Å². The van der Waals surface area contributed by atoms with E-state index in [2.05, 4.69) is 5.32 Å². The van der Waals surface area contributed by atoms with Gasteiger partial charge in [-0.05, 0) is 37.1 Å². The fourth-order valence-corrected chi connectivity index (χ4v) is 4.51. The number of nitrogens with zero attached hydrogens (tertiary/aromatic N) is 1. The van der Waals surface area contributed by atoms with Gasteiger partial charge in [-0.1, -0.05) is 31.4 Å². The van der Waals surface area contributed by atoms with E-state index in [-0.39, 0.29) is 18.1 Å². The molecule has 0 unspecified atom stereocenters. The molecule has 0 spiro atoms. The monoisotopic (exact) mass is 396 g/mol.